The highest BCUT2D eigenvalue weighted by molar-refractivity contribution is 7.89. The van der Waals surface area contributed by atoms with Crippen molar-refractivity contribution in [1.29, 1.82) is 0 Å². The fourth-order valence-corrected chi connectivity index (χ4v) is 5.70. The highest BCUT2D eigenvalue weighted by atomic mass is 32.2. The Morgan fingerprint density at radius 2 is 1.76 bits per heavy atom. The summed E-state index contributed by atoms with van der Waals surface area (Å²) in [5.41, 5.74) is 1.16. The summed E-state index contributed by atoms with van der Waals surface area (Å²) < 4.78 is 27.6. The number of piperidine rings is 2. The molecular formula is C21H29N3O4S. The smallest absolute Gasteiger partial charge is 0.245 e. The van der Waals surface area contributed by atoms with Gasteiger partial charge in [-0.05, 0) is 56.4 Å². The summed E-state index contributed by atoms with van der Waals surface area (Å²) in [5.74, 6) is -0.455. The zero-order chi connectivity index (χ0) is 21.0. The van der Waals surface area contributed by atoms with E-state index in [4.69, 9.17) is 0 Å². The Hall–Kier alpha value is -2.19. The van der Waals surface area contributed by atoms with Crippen molar-refractivity contribution < 1.29 is 18.0 Å². The number of nitrogens with zero attached hydrogens (tertiary/aromatic N) is 2. The average molecular weight is 420 g/mol. The number of carbonyl (C=O) groups is 2. The average Bonchev–Trinajstić information content (AvgIpc) is 2.75. The maximum Gasteiger partial charge on any atom is 0.245 e. The second-order valence-electron chi connectivity index (χ2n) is 7.74. The lowest BCUT2D eigenvalue weighted by Crippen LogP contribution is -2.40. The van der Waals surface area contributed by atoms with Gasteiger partial charge in [0.2, 0.25) is 21.8 Å². The molecule has 0 radical (unpaired) electrons. The number of rotatable bonds is 5. The summed E-state index contributed by atoms with van der Waals surface area (Å²) in [7, 11) is -3.57. The first kappa shape index (κ1) is 21.5. The molecule has 0 bridgehead atoms. The maximum absolute atomic E-state index is 13.0. The number of amides is 2. The van der Waals surface area contributed by atoms with Gasteiger partial charge in [-0.3, -0.25) is 9.59 Å². The molecule has 2 heterocycles. The van der Waals surface area contributed by atoms with Crippen LogP contribution in [0.1, 0.15) is 37.7 Å². The molecule has 0 atom stereocenters. The summed E-state index contributed by atoms with van der Waals surface area (Å²) in [4.78, 5) is 26.3. The normalized spacial score (nSPS) is 19.0. The van der Waals surface area contributed by atoms with Gasteiger partial charge in [-0.25, -0.2) is 8.42 Å². The maximum atomic E-state index is 13.0. The molecule has 29 heavy (non-hydrogen) atoms. The Kier molecular flexibility index (Phi) is 6.74. The van der Waals surface area contributed by atoms with Crippen molar-refractivity contribution in [2.45, 2.75) is 43.9 Å². The lowest BCUT2D eigenvalue weighted by atomic mass is 9.95. The number of sulfonamides is 1. The van der Waals surface area contributed by atoms with E-state index in [0.717, 1.165) is 19.3 Å². The minimum Gasteiger partial charge on any atom is -0.339 e. The minimum absolute atomic E-state index is 0.116. The van der Waals surface area contributed by atoms with Gasteiger partial charge in [0.25, 0.3) is 0 Å². The second-order valence-corrected chi connectivity index (χ2v) is 9.64. The van der Waals surface area contributed by atoms with E-state index in [1.54, 1.807) is 30.0 Å². The van der Waals surface area contributed by atoms with Gasteiger partial charge < -0.3 is 10.2 Å². The van der Waals surface area contributed by atoms with Crippen molar-refractivity contribution in [3.8, 4) is 0 Å². The first-order valence-corrected chi connectivity index (χ1v) is 11.6. The fraction of sp³-hybridized carbons (Fsp3) is 0.524. The summed E-state index contributed by atoms with van der Waals surface area (Å²) in [6.07, 6.45) is 5.26. The third-order valence-electron chi connectivity index (χ3n) is 5.74. The Morgan fingerprint density at radius 3 is 2.38 bits per heavy atom. The minimum atomic E-state index is -3.57. The van der Waals surface area contributed by atoms with Crippen molar-refractivity contribution in [3.05, 3.63) is 36.4 Å². The predicted molar refractivity (Wildman–Crippen MR) is 112 cm³/mol. The van der Waals surface area contributed by atoms with Crippen LogP contribution in [0.5, 0.6) is 0 Å². The second kappa shape index (κ2) is 9.09. The van der Waals surface area contributed by atoms with E-state index in [0.29, 0.717) is 50.3 Å². The third kappa shape index (κ3) is 4.87. The molecule has 2 amide bonds. The molecular weight excluding hydrogens is 390 g/mol. The van der Waals surface area contributed by atoms with E-state index < -0.39 is 10.0 Å². The lowest BCUT2D eigenvalue weighted by Gasteiger charge is -2.30. The van der Waals surface area contributed by atoms with Gasteiger partial charge in [0.15, 0.2) is 0 Å². The van der Waals surface area contributed by atoms with Crippen LogP contribution >= 0.6 is 0 Å². The fourth-order valence-electron chi connectivity index (χ4n) is 3.94. The first-order valence-electron chi connectivity index (χ1n) is 10.2. The van der Waals surface area contributed by atoms with Crippen LogP contribution in [0.15, 0.2) is 35.7 Å². The molecule has 3 rings (SSSR count). The standard InChI is InChI=1S/C21H29N3O4S/c1-3-20(25)23-13-9-17(10-14-23)21(26)22-18-8-7-16(2)19(15-18)29(27,28)24-11-5-4-6-12-24/h3,7-8,15,17H,1,4-6,9-14H2,2H3,(H,22,26). The molecule has 0 saturated carbocycles. The van der Waals surface area contributed by atoms with Gasteiger partial charge in [0.05, 0.1) is 4.90 Å². The number of hydrogen-bond donors (Lipinski definition) is 1. The quantitative estimate of drug-likeness (QED) is 0.743. The summed E-state index contributed by atoms with van der Waals surface area (Å²) in [6.45, 7) is 7.39. The van der Waals surface area contributed by atoms with E-state index in [1.807, 2.05) is 0 Å². The van der Waals surface area contributed by atoms with E-state index in [9.17, 15) is 18.0 Å². The predicted octanol–water partition coefficient (Wildman–Crippen LogP) is 2.53. The summed E-state index contributed by atoms with van der Waals surface area (Å²) in [5, 5.41) is 2.87. The highest BCUT2D eigenvalue weighted by Gasteiger charge is 2.29. The summed E-state index contributed by atoms with van der Waals surface area (Å²) in [6, 6.07) is 5.03. The zero-order valence-corrected chi connectivity index (χ0v) is 17.7. The van der Waals surface area contributed by atoms with Gasteiger partial charge in [-0.2, -0.15) is 4.31 Å². The molecule has 0 spiro atoms. The molecule has 2 saturated heterocycles. The van der Waals surface area contributed by atoms with Crippen molar-refractivity contribution in [2.24, 2.45) is 5.92 Å². The molecule has 0 aliphatic carbocycles. The van der Waals surface area contributed by atoms with Crippen molar-refractivity contribution >= 4 is 27.5 Å². The molecule has 0 unspecified atom stereocenters. The van der Waals surface area contributed by atoms with Gasteiger partial charge in [-0.1, -0.05) is 19.1 Å². The lowest BCUT2D eigenvalue weighted by molar-refractivity contribution is -0.130. The number of anilines is 1. The molecule has 158 valence electrons. The molecule has 2 aliphatic heterocycles. The van der Waals surface area contributed by atoms with Crippen molar-refractivity contribution in [3.63, 3.8) is 0 Å². The van der Waals surface area contributed by atoms with Gasteiger partial charge in [-0.15, -0.1) is 0 Å². The van der Waals surface area contributed by atoms with E-state index >= 15 is 0 Å². The monoisotopic (exact) mass is 419 g/mol. The molecule has 0 aromatic heterocycles. The number of aryl methyl sites for hydroxylation is 1. The number of hydrogen-bond acceptors (Lipinski definition) is 4. The van der Waals surface area contributed by atoms with Crippen LogP contribution in [0, 0.1) is 12.8 Å². The SMILES string of the molecule is C=CC(=O)N1CCC(C(=O)Nc2ccc(C)c(S(=O)(=O)N3CCCCC3)c2)CC1. The number of benzene rings is 1. The molecule has 7 nitrogen and oxygen atoms in total. The highest BCUT2D eigenvalue weighted by Crippen LogP contribution is 2.27. The van der Waals surface area contributed by atoms with Crippen molar-refractivity contribution in [1.82, 2.24) is 9.21 Å². The Bertz CT molecular complexity index is 883. The third-order valence-corrected chi connectivity index (χ3v) is 7.78. The topological polar surface area (TPSA) is 86.8 Å². The van der Waals surface area contributed by atoms with E-state index in [2.05, 4.69) is 11.9 Å². The molecule has 1 N–H and O–H groups in total. The van der Waals surface area contributed by atoms with Crippen LogP contribution in [0.3, 0.4) is 0 Å². The van der Waals surface area contributed by atoms with Crippen LogP contribution < -0.4 is 5.32 Å². The molecule has 2 fully saturated rings. The van der Waals surface area contributed by atoms with Crippen LogP contribution in [0.4, 0.5) is 5.69 Å². The van der Waals surface area contributed by atoms with Crippen molar-refractivity contribution in [2.75, 3.05) is 31.5 Å². The zero-order valence-electron chi connectivity index (χ0n) is 16.9. The Balaban J connectivity index is 1.69. The van der Waals surface area contributed by atoms with E-state index in [1.165, 1.54) is 10.4 Å². The van der Waals surface area contributed by atoms with Crippen LogP contribution in [0.25, 0.3) is 0 Å². The number of nitrogens with one attached hydrogen (secondary N) is 1. The first-order chi connectivity index (χ1) is 13.8. The van der Waals surface area contributed by atoms with Gasteiger partial charge in [0.1, 0.15) is 0 Å². The van der Waals surface area contributed by atoms with Crippen LogP contribution in [-0.4, -0.2) is 55.6 Å². The number of likely N-dealkylation sites (tertiary alicyclic amines) is 1. The molecule has 8 heteroatoms. The van der Waals surface area contributed by atoms with Gasteiger partial charge in [0, 0.05) is 37.8 Å². The number of carbonyl (C=O) groups excluding carboxylic acids is 2. The molecule has 2 aliphatic rings. The van der Waals surface area contributed by atoms with Crippen LogP contribution in [-0.2, 0) is 19.6 Å². The molecule has 1 aromatic carbocycles. The van der Waals surface area contributed by atoms with Gasteiger partial charge >= 0.3 is 0 Å². The summed E-state index contributed by atoms with van der Waals surface area (Å²) >= 11 is 0. The van der Waals surface area contributed by atoms with Crippen LogP contribution in [0.2, 0.25) is 0 Å². The van der Waals surface area contributed by atoms with E-state index in [-0.39, 0.29) is 22.6 Å². The molecule has 1 aromatic rings. The Morgan fingerprint density at radius 1 is 1.10 bits per heavy atom. The Labute approximate surface area is 172 Å². The largest absolute Gasteiger partial charge is 0.339 e.